The highest BCUT2D eigenvalue weighted by Gasteiger charge is 2.29. The maximum atomic E-state index is 12.8. The topological polar surface area (TPSA) is 217 Å². The summed E-state index contributed by atoms with van der Waals surface area (Å²) in [5.74, 6) is -4.70. The van der Waals surface area contributed by atoms with Crippen molar-refractivity contribution < 1.29 is 34.2 Å². The van der Waals surface area contributed by atoms with Gasteiger partial charge in [-0.25, -0.2) is 9.78 Å². The molecule has 2 rings (SSSR count). The number of nitrogens with zero attached hydrogens (tertiary/aromatic N) is 1. The minimum atomic E-state index is -1.28. The van der Waals surface area contributed by atoms with E-state index < -0.39 is 60.2 Å². The smallest absolute Gasteiger partial charge is 0.326 e. The molecule has 0 saturated heterocycles. The Morgan fingerprint density at radius 2 is 1.61 bits per heavy atom. The molecule has 194 valence electrons. The lowest BCUT2D eigenvalue weighted by Gasteiger charge is -2.23. The second-order valence-corrected chi connectivity index (χ2v) is 8.20. The Balaban J connectivity index is 1.99. The number of aromatic nitrogens is 2. The van der Waals surface area contributed by atoms with Gasteiger partial charge < -0.3 is 36.9 Å². The van der Waals surface area contributed by atoms with Crippen LogP contribution in [-0.2, 0) is 36.8 Å². The van der Waals surface area contributed by atoms with Crippen molar-refractivity contribution in [3.05, 3.63) is 54.1 Å². The molecule has 36 heavy (non-hydrogen) atoms. The number of hydrogen-bond acceptors (Lipinski definition) is 7. The zero-order chi connectivity index (χ0) is 26.7. The minimum absolute atomic E-state index is 0.0572. The van der Waals surface area contributed by atoms with Crippen LogP contribution in [0.25, 0.3) is 0 Å². The number of carbonyl (C=O) groups excluding carboxylic acids is 3. The number of carbonyl (C=O) groups is 5. The van der Waals surface area contributed by atoms with Crippen molar-refractivity contribution in [2.45, 2.75) is 56.8 Å². The van der Waals surface area contributed by atoms with Gasteiger partial charge in [0, 0.05) is 24.7 Å². The standard InChI is InChI=1S/C23H30N6O7/c1-13(20(32)29-18(23(35)36)10-15-11-25-12-26-15)27-22(34)17(7-8-19(30)31)28-21(33)16(24)9-14-5-3-2-4-6-14/h2-6,11-13,16-18H,7-10,24H2,1H3,(H,25,26)(H,27,34)(H,28,33)(H,29,32)(H,30,31)(H,35,36). The van der Waals surface area contributed by atoms with Crippen LogP contribution in [0, 0.1) is 0 Å². The van der Waals surface area contributed by atoms with E-state index in [9.17, 15) is 29.1 Å². The van der Waals surface area contributed by atoms with Crippen LogP contribution in [0.5, 0.6) is 0 Å². The summed E-state index contributed by atoms with van der Waals surface area (Å²) in [6, 6.07) is 4.25. The number of rotatable bonds is 14. The summed E-state index contributed by atoms with van der Waals surface area (Å²) in [5.41, 5.74) is 7.25. The van der Waals surface area contributed by atoms with Gasteiger partial charge in [0.15, 0.2) is 0 Å². The summed E-state index contributed by atoms with van der Waals surface area (Å²) in [6.45, 7) is 1.33. The van der Waals surface area contributed by atoms with Gasteiger partial charge in [-0.15, -0.1) is 0 Å². The summed E-state index contributed by atoms with van der Waals surface area (Å²) < 4.78 is 0. The maximum Gasteiger partial charge on any atom is 0.326 e. The molecule has 13 nitrogen and oxygen atoms in total. The SMILES string of the molecule is CC(NC(=O)C(CCC(=O)O)NC(=O)C(N)Cc1ccccc1)C(=O)NC(Cc1cnc[nH]1)C(=O)O. The Morgan fingerprint density at radius 3 is 2.19 bits per heavy atom. The molecule has 13 heteroatoms. The zero-order valence-electron chi connectivity index (χ0n) is 19.6. The van der Waals surface area contributed by atoms with E-state index >= 15 is 0 Å². The van der Waals surface area contributed by atoms with Crippen LogP contribution in [0.4, 0.5) is 0 Å². The largest absolute Gasteiger partial charge is 0.481 e. The quantitative estimate of drug-likeness (QED) is 0.167. The van der Waals surface area contributed by atoms with Gasteiger partial charge in [-0.3, -0.25) is 19.2 Å². The van der Waals surface area contributed by atoms with E-state index in [-0.39, 0.29) is 19.3 Å². The predicted octanol–water partition coefficient (Wildman–Crippen LogP) is -1.05. The van der Waals surface area contributed by atoms with Crippen LogP contribution in [0.2, 0.25) is 0 Å². The number of H-pyrrole nitrogens is 1. The van der Waals surface area contributed by atoms with E-state index in [0.717, 1.165) is 5.56 Å². The Morgan fingerprint density at radius 1 is 0.944 bits per heavy atom. The van der Waals surface area contributed by atoms with Crippen molar-refractivity contribution in [1.82, 2.24) is 25.9 Å². The van der Waals surface area contributed by atoms with Crippen LogP contribution in [0.15, 0.2) is 42.9 Å². The highest BCUT2D eigenvalue weighted by molar-refractivity contribution is 5.94. The van der Waals surface area contributed by atoms with E-state index in [1.165, 1.54) is 19.4 Å². The highest BCUT2D eigenvalue weighted by atomic mass is 16.4. The Hall–Kier alpha value is -4.26. The Bertz CT molecular complexity index is 1040. The molecule has 4 atom stereocenters. The van der Waals surface area contributed by atoms with Crippen LogP contribution in [-0.4, -0.2) is 74.0 Å². The van der Waals surface area contributed by atoms with E-state index in [2.05, 4.69) is 25.9 Å². The fraction of sp³-hybridized carbons (Fsp3) is 0.391. The maximum absolute atomic E-state index is 12.8. The summed E-state index contributed by atoms with van der Waals surface area (Å²) >= 11 is 0. The van der Waals surface area contributed by atoms with Crippen LogP contribution in [0.3, 0.4) is 0 Å². The number of aliphatic carboxylic acids is 2. The number of aromatic amines is 1. The van der Waals surface area contributed by atoms with E-state index in [1.54, 1.807) is 24.3 Å². The molecule has 0 saturated carbocycles. The Labute approximate surface area is 206 Å². The second kappa shape index (κ2) is 13.6. The van der Waals surface area contributed by atoms with Gasteiger partial charge in [-0.05, 0) is 25.3 Å². The number of carboxylic acid groups (broad SMARTS) is 2. The average Bonchev–Trinajstić information content (AvgIpc) is 3.34. The van der Waals surface area contributed by atoms with Gasteiger partial charge >= 0.3 is 11.9 Å². The summed E-state index contributed by atoms with van der Waals surface area (Å²) in [7, 11) is 0. The summed E-state index contributed by atoms with van der Waals surface area (Å²) in [5, 5.41) is 25.6. The van der Waals surface area contributed by atoms with Gasteiger partial charge in [0.1, 0.15) is 18.1 Å². The highest BCUT2D eigenvalue weighted by Crippen LogP contribution is 2.05. The first-order valence-electron chi connectivity index (χ1n) is 11.2. The van der Waals surface area contributed by atoms with Gasteiger partial charge in [0.05, 0.1) is 12.4 Å². The lowest BCUT2D eigenvalue weighted by Crippen LogP contribution is -2.56. The van der Waals surface area contributed by atoms with E-state index in [4.69, 9.17) is 10.8 Å². The van der Waals surface area contributed by atoms with Crippen LogP contribution >= 0.6 is 0 Å². The van der Waals surface area contributed by atoms with Crippen molar-refractivity contribution in [3.63, 3.8) is 0 Å². The summed E-state index contributed by atoms with van der Waals surface area (Å²) in [6.07, 6.45) is 2.28. The molecule has 2 aromatic rings. The van der Waals surface area contributed by atoms with Gasteiger partial charge in [-0.2, -0.15) is 0 Å². The molecule has 0 spiro atoms. The molecule has 0 radical (unpaired) electrons. The molecule has 0 aliphatic heterocycles. The fourth-order valence-electron chi connectivity index (χ4n) is 3.27. The van der Waals surface area contributed by atoms with Crippen molar-refractivity contribution in [3.8, 4) is 0 Å². The second-order valence-electron chi connectivity index (χ2n) is 8.20. The molecular formula is C23H30N6O7. The van der Waals surface area contributed by atoms with E-state index in [0.29, 0.717) is 5.69 Å². The van der Waals surface area contributed by atoms with Gasteiger partial charge in [0.2, 0.25) is 17.7 Å². The molecule has 1 aromatic heterocycles. The molecule has 1 heterocycles. The molecule has 0 aliphatic carbocycles. The number of benzene rings is 1. The first kappa shape index (κ1) is 28.0. The molecule has 4 unspecified atom stereocenters. The first-order chi connectivity index (χ1) is 17.1. The molecule has 0 fully saturated rings. The van der Waals surface area contributed by atoms with Crippen molar-refractivity contribution >= 4 is 29.7 Å². The monoisotopic (exact) mass is 502 g/mol. The predicted molar refractivity (Wildman–Crippen MR) is 126 cm³/mol. The summed E-state index contributed by atoms with van der Waals surface area (Å²) in [4.78, 5) is 67.0. The Kier molecular flexibility index (Phi) is 10.6. The average molecular weight is 503 g/mol. The third kappa shape index (κ3) is 9.18. The molecule has 8 N–H and O–H groups in total. The number of amides is 3. The fourth-order valence-corrected chi connectivity index (χ4v) is 3.27. The van der Waals surface area contributed by atoms with Crippen molar-refractivity contribution in [1.29, 1.82) is 0 Å². The number of carboxylic acids is 2. The molecule has 0 bridgehead atoms. The third-order valence-corrected chi connectivity index (χ3v) is 5.26. The first-order valence-corrected chi connectivity index (χ1v) is 11.2. The van der Waals surface area contributed by atoms with Crippen molar-refractivity contribution in [2.24, 2.45) is 5.73 Å². The van der Waals surface area contributed by atoms with Crippen LogP contribution < -0.4 is 21.7 Å². The lowest BCUT2D eigenvalue weighted by atomic mass is 10.0. The van der Waals surface area contributed by atoms with Gasteiger partial charge in [0.25, 0.3) is 0 Å². The van der Waals surface area contributed by atoms with Crippen LogP contribution in [0.1, 0.15) is 31.0 Å². The zero-order valence-corrected chi connectivity index (χ0v) is 19.6. The van der Waals surface area contributed by atoms with Gasteiger partial charge in [-0.1, -0.05) is 30.3 Å². The molecular weight excluding hydrogens is 472 g/mol. The lowest BCUT2D eigenvalue weighted by molar-refractivity contribution is -0.142. The molecule has 3 amide bonds. The van der Waals surface area contributed by atoms with Crippen molar-refractivity contribution in [2.75, 3.05) is 0 Å². The third-order valence-electron chi connectivity index (χ3n) is 5.26. The molecule has 1 aromatic carbocycles. The number of hydrogen-bond donors (Lipinski definition) is 7. The number of imidazole rings is 1. The number of nitrogens with two attached hydrogens (primary N) is 1. The number of nitrogens with one attached hydrogen (secondary N) is 4. The van der Waals surface area contributed by atoms with E-state index in [1.807, 2.05) is 6.07 Å². The minimum Gasteiger partial charge on any atom is -0.481 e. The molecule has 0 aliphatic rings. The normalized spacial score (nSPS) is 14.1.